The predicted molar refractivity (Wildman–Crippen MR) is 73.3 cm³/mol. The molecule has 0 spiro atoms. The summed E-state index contributed by atoms with van der Waals surface area (Å²) >= 11 is 0. The van der Waals surface area contributed by atoms with E-state index in [0.29, 0.717) is 17.9 Å². The minimum Gasteiger partial charge on any atom is -0.399 e. The highest BCUT2D eigenvalue weighted by molar-refractivity contribution is 5.94. The lowest BCUT2D eigenvalue weighted by atomic mass is 10.2. The molecule has 4 N–H and O–H groups in total. The van der Waals surface area contributed by atoms with Crippen molar-refractivity contribution in [3.63, 3.8) is 0 Å². The molecule has 1 rings (SSSR count). The minimum absolute atomic E-state index is 0.122. The number of nitrogen functional groups attached to an aromatic ring is 1. The SMILES string of the molecule is CC(O)CN(C)C(C)C(=O)Nc1cccc(N)c1. The molecule has 0 aliphatic carbocycles. The fourth-order valence-electron chi connectivity index (χ4n) is 1.64. The van der Waals surface area contributed by atoms with Gasteiger partial charge in [0.15, 0.2) is 0 Å². The fourth-order valence-corrected chi connectivity index (χ4v) is 1.64. The van der Waals surface area contributed by atoms with Crippen molar-refractivity contribution in [2.24, 2.45) is 0 Å². The average molecular weight is 251 g/mol. The Kier molecular flexibility index (Phi) is 5.12. The van der Waals surface area contributed by atoms with Gasteiger partial charge in [-0.3, -0.25) is 9.69 Å². The second kappa shape index (κ2) is 6.37. The van der Waals surface area contributed by atoms with Gasteiger partial charge < -0.3 is 16.2 Å². The monoisotopic (exact) mass is 251 g/mol. The van der Waals surface area contributed by atoms with Gasteiger partial charge in [0.1, 0.15) is 0 Å². The Bertz CT molecular complexity index is 407. The zero-order chi connectivity index (χ0) is 13.7. The van der Waals surface area contributed by atoms with E-state index in [4.69, 9.17) is 5.73 Å². The lowest BCUT2D eigenvalue weighted by molar-refractivity contribution is -0.120. The lowest BCUT2D eigenvalue weighted by Gasteiger charge is -2.24. The molecule has 0 radical (unpaired) electrons. The maximum Gasteiger partial charge on any atom is 0.241 e. The van der Waals surface area contributed by atoms with Gasteiger partial charge in [-0.2, -0.15) is 0 Å². The summed E-state index contributed by atoms with van der Waals surface area (Å²) in [5, 5.41) is 12.1. The van der Waals surface area contributed by atoms with Crippen LogP contribution in [0.3, 0.4) is 0 Å². The standard InChI is InChI=1S/C13H21N3O2/c1-9(17)8-16(3)10(2)13(18)15-12-6-4-5-11(14)7-12/h4-7,9-10,17H,8,14H2,1-3H3,(H,15,18). The van der Waals surface area contributed by atoms with E-state index in [1.807, 2.05) is 0 Å². The summed E-state index contributed by atoms with van der Waals surface area (Å²) in [6, 6.07) is 6.73. The number of likely N-dealkylation sites (N-methyl/N-ethyl adjacent to an activating group) is 1. The Hall–Kier alpha value is -1.59. The van der Waals surface area contributed by atoms with Crippen LogP contribution in [0.5, 0.6) is 0 Å². The largest absolute Gasteiger partial charge is 0.399 e. The summed E-state index contributed by atoms with van der Waals surface area (Å²) in [6.07, 6.45) is -0.461. The molecule has 1 amide bonds. The Morgan fingerprint density at radius 3 is 2.72 bits per heavy atom. The first-order valence-corrected chi connectivity index (χ1v) is 5.95. The summed E-state index contributed by atoms with van der Waals surface area (Å²) in [7, 11) is 1.80. The Labute approximate surface area is 108 Å². The van der Waals surface area contributed by atoms with Crippen LogP contribution in [0.15, 0.2) is 24.3 Å². The number of amides is 1. The Morgan fingerprint density at radius 2 is 2.17 bits per heavy atom. The predicted octanol–water partition coefficient (Wildman–Crippen LogP) is 0.908. The van der Waals surface area contributed by atoms with Crippen LogP contribution < -0.4 is 11.1 Å². The summed E-state index contributed by atoms with van der Waals surface area (Å²) < 4.78 is 0. The number of carbonyl (C=O) groups is 1. The maximum absolute atomic E-state index is 12.0. The van der Waals surface area contributed by atoms with Gasteiger partial charge in [-0.15, -0.1) is 0 Å². The highest BCUT2D eigenvalue weighted by atomic mass is 16.3. The number of nitrogens with two attached hydrogens (primary N) is 1. The van der Waals surface area contributed by atoms with Gasteiger partial charge in [0.25, 0.3) is 0 Å². The van der Waals surface area contributed by atoms with Crippen LogP contribution in [0.4, 0.5) is 11.4 Å². The van der Waals surface area contributed by atoms with E-state index in [1.165, 1.54) is 0 Å². The Balaban J connectivity index is 2.59. The van der Waals surface area contributed by atoms with E-state index in [-0.39, 0.29) is 11.9 Å². The fraction of sp³-hybridized carbons (Fsp3) is 0.462. The minimum atomic E-state index is -0.461. The van der Waals surface area contributed by atoms with Crippen LogP contribution in [-0.2, 0) is 4.79 Å². The number of nitrogens with zero attached hydrogens (tertiary/aromatic N) is 1. The number of benzene rings is 1. The highest BCUT2D eigenvalue weighted by Crippen LogP contribution is 2.12. The van der Waals surface area contributed by atoms with Crippen molar-refractivity contribution in [3.05, 3.63) is 24.3 Å². The van der Waals surface area contributed by atoms with Crippen molar-refractivity contribution in [2.45, 2.75) is 26.0 Å². The van der Waals surface area contributed by atoms with Crippen molar-refractivity contribution in [3.8, 4) is 0 Å². The molecule has 2 unspecified atom stereocenters. The summed E-state index contributed by atoms with van der Waals surface area (Å²) in [5.74, 6) is -0.122. The molecule has 0 fully saturated rings. The number of hydrogen-bond acceptors (Lipinski definition) is 4. The van der Waals surface area contributed by atoms with Gasteiger partial charge in [0.05, 0.1) is 12.1 Å². The number of aliphatic hydroxyl groups excluding tert-OH is 1. The smallest absolute Gasteiger partial charge is 0.241 e. The average Bonchev–Trinajstić information content (AvgIpc) is 2.27. The van der Waals surface area contributed by atoms with Crippen LogP contribution in [-0.4, -0.2) is 41.7 Å². The zero-order valence-electron chi connectivity index (χ0n) is 11.1. The number of anilines is 2. The third-order valence-electron chi connectivity index (χ3n) is 2.75. The second-order valence-electron chi connectivity index (χ2n) is 4.58. The van der Waals surface area contributed by atoms with Crippen molar-refractivity contribution < 1.29 is 9.90 Å². The van der Waals surface area contributed by atoms with E-state index in [1.54, 1.807) is 50.1 Å². The van der Waals surface area contributed by atoms with Crippen LogP contribution in [0.1, 0.15) is 13.8 Å². The first-order valence-electron chi connectivity index (χ1n) is 5.95. The molecule has 1 aromatic carbocycles. The van der Waals surface area contributed by atoms with Crippen molar-refractivity contribution >= 4 is 17.3 Å². The number of rotatable bonds is 5. The molecule has 0 bridgehead atoms. The molecule has 0 aliphatic rings. The van der Waals surface area contributed by atoms with Crippen molar-refractivity contribution in [2.75, 3.05) is 24.6 Å². The third kappa shape index (κ3) is 4.35. The molecule has 0 heterocycles. The summed E-state index contributed by atoms with van der Waals surface area (Å²) in [4.78, 5) is 13.8. The number of nitrogens with one attached hydrogen (secondary N) is 1. The van der Waals surface area contributed by atoms with E-state index in [2.05, 4.69) is 5.32 Å². The van der Waals surface area contributed by atoms with Gasteiger partial charge in [-0.25, -0.2) is 0 Å². The molecular formula is C13H21N3O2. The van der Waals surface area contributed by atoms with Crippen molar-refractivity contribution in [1.29, 1.82) is 0 Å². The highest BCUT2D eigenvalue weighted by Gasteiger charge is 2.19. The molecule has 2 atom stereocenters. The molecule has 0 aliphatic heterocycles. The molecule has 5 heteroatoms. The van der Waals surface area contributed by atoms with Crippen LogP contribution >= 0.6 is 0 Å². The van der Waals surface area contributed by atoms with Crippen molar-refractivity contribution in [1.82, 2.24) is 4.90 Å². The third-order valence-corrected chi connectivity index (χ3v) is 2.75. The van der Waals surface area contributed by atoms with E-state index in [0.717, 1.165) is 0 Å². The van der Waals surface area contributed by atoms with Gasteiger partial charge in [0.2, 0.25) is 5.91 Å². The van der Waals surface area contributed by atoms with Crippen LogP contribution in [0.2, 0.25) is 0 Å². The first-order chi connectivity index (χ1) is 8.40. The van der Waals surface area contributed by atoms with Crippen LogP contribution in [0.25, 0.3) is 0 Å². The normalized spacial score (nSPS) is 14.3. The van der Waals surface area contributed by atoms with E-state index >= 15 is 0 Å². The first kappa shape index (κ1) is 14.5. The van der Waals surface area contributed by atoms with Gasteiger partial charge in [-0.05, 0) is 39.1 Å². The molecule has 1 aromatic rings. The van der Waals surface area contributed by atoms with Crippen LogP contribution in [0, 0.1) is 0 Å². The number of carbonyl (C=O) groups excluding carboxylic acids is 1. The topological polar surface area (TPSA) is 78.6 Å². The lowest BCUT2D eigenvalue weighted by Crippen LogP contribution is -2.42. The van der Waals surface area contributed by atoms with E-state index in [9.17, 15) is 9.90 Å². The maximum atomic E-state index is 12.0. The zero-order valence-corrected chi connectivity index (χ0v) is 11.1. The van der Waals surface area contributed by atoms with E-state index < -0.39 is 6.10 Å². The quantitative estimate of drug-likeness (QED) is 0.680. The van der Waals surface area contributed by atoms with Gasteiger partial charge >= 0.3 is 0 Å². The van der Waals surface area contributed by atoms with Gasteiger partial charge in [-0.1, -0.05) is 6.07 Å². The van der Waals surface area contributed by atoms with Gasteiger partial charge in [0, 0.05) is 17.9 Å². The molecule has 0 aromatic heterocycles. The summed E-state index contributed by atoms with van der Waals surface area (Å²) in [6.45, 7) is 3.94. The molecule has 100 valence electrons. The second-order valence-corrected chi connectivity index (χ2v) is 4.58. The molecular weight excluding hydrogens is 230 g/mol. The number of hydrogen-bond donors (Lipinski definition) is 3. The molecule has 5 nitrogen and oxygen atoms in total. The molecule has 0 saturated heterocycles. The summed E-state index contributed by atoms with van der Waals surface area (Å²) in [5.41, 5.74) is 6.93. The molecule has 0 saturated carbocycles. The number of aliphatic hydroxyl groups is 1. The Morgan fingerprint density at radius 1 is 1.50 bits per heavy atom. The molecule has 18 heavy (non-hydrogen) atoms.